The van der Waals surface area contributed by atoms with E-state index in [4.69, 9.17) is 0 Å². The van der Waals surface area contributed by atoms with Crippen molar-refractivity contribution < 1.29 is 0 Å². The van der Waals surface area contributed by atoms with Crippen LogP contribution in [0.15, 0.2) is 30.7 Å². The predicted octanol–water partition coefficient (Wildman–Crippen LogP) is 1.85. The van der Waals surface area contributed by atoms with Crippen LogP contribution in [-0.4, -0.2) is 44.8 Å². The summed E-state index contributed by atoms with van der Waals surface area (Å²) in [5.41, 5.74) is 3.29. The normalized spacial score (nSPS) is 16.7. The molecule has 0 radical (unpaired) electrons. The van der Waals surface area contributed by atoms with E-state index < -0.39 is 0 Å². The van der Waals surface area contributed by atoms with Crippen molar-refractivity contribution in [3.05, 3.63) is 42.0 Å². The molecule has 1 fully saturated rings. The maximum Gasteiger partial charge on any atom is 0.164 e. The van der Waals surface area contributed by atoms with Crippen LogP contribution in [0.25, 0.3) is 11.0 Å². The smallest absolute Gasteiger partial charge is 0.164 e. The van der Waals surface area contributed by atoms with Crippen molar-refractivity contribution in [1.29, 1.82) is 0 Å². The Morgan fingerprint density at radius 3 is 3.04 bits per heavy atom. The number of hydrogen-bond donors (Lipinski definition) is 1. The number of anilines is 2. The first-order valence-electron chi connectivity index (χ1n) is 8.77. The monoisotopic (exact) mass is 333 g/mol. The highest BCUT2D eigenvalue weighted by atomic mass is 15.3. The fraction of sp³-hybridized carbons (Fsp3) is 0.389. The number of pyridine rings is 1. The maximum absolute atomic E-state index is 4.39. The van der Waals surface area contributed by atoms with Crippen LogP contribution in [0.4, 0.5) is 11.6 Å². The van der Waals surface area contributed by atoms with Crippen LogP contribution in [0, 0.1) is 5.92 Å². The van der Waals surface area contributed by atoms with Gasteiger partial charge in [0.25, 0.3) is 0 Å². The Labute approximate surface area is 145 Å². The summed E-state index contributed by atoms with van der Waals surface area (Å²) in [7, 11) is 0. The minimum absolute atomic E-state index is 0.580. The number of aryl methyl sites for hydroxylation is 2. The van der Waals surface area contributed by atoms with Crippen molar-refractivity contribution in [3.63, 3.8) is 0 Å². The summed E-state index contributed by atoms with van der Waals surface area (Å²) in [6.07, 6.45) is 6.75. The molecule has 1 aliphatic heterocycles. The summed E-state index contributed by atoms with van der Waals surface area (Å²) in [6, 6.07) is 6.13. The molecule has 0 bridgehead atoms. The summed E-state index contributed by atoms with van der Waals surface area (Å²) < 4.78 is 0. The second-order valence-corrected chi connectivity index (χ2v) is 6.78. The first-order valence-corrected chi connectivity index (χ1v) is 8.77. The van der Waals surface area contributed by atoms with E-state index in [-0.39, 0.29) is 0 Å². The first-order chi connectivity index (χ1) is 12.4. The summed E-state index contributed by atoms with van der Waals surface area (Å²) >= 11 is 0. The van der Waals surface area contributed by atoms with Gasteiger partial charge in [-0.25, -0.2) is 15.0 Å². The maximum atomic E-state index is 4.39. The Bertz CT molecular complexity index is 915. The van der Waals surface area contributed by atoms with Crippen molar-refractivity contribution >= 4 is 22.7 Å². The molecule has 2 aliphatic rings. The molecule has 7 nitrogen and oxygen atoms in total. The molecule has 0 saturated carbocycles. The van der Waals surface area contributed by atoms with Crippen molar-refractivity contribution in [2.75, 3.05) is 29.9 Å². The van der Waals surface area contributed by atoms with Gasteiger partial charge in [-0.15, -0.1) is 5.10 Å². The minimum atomic E-state index is 0.580. The highest BCUT2D eigenvalue weighted by Crippen LogP contribution is 2.27. The molecule has 25 heavy (non-hydrogen) atoms. The van der Waals surface area contributed by atoms with E-state index in [2.05, 4.69) is 41.4 Å². The number of nitrogens with zero attached hydrogens (tertiary/aromatic N) is 6. The van der Waals surface area contributed by atoms with Gasteiger partial charge in [-0.3, -0.25) is 0 Å². The van der Waals surface area contributed by atoms with Crippen LogP contribution in [0.1, 0.15) is 17.7 Å². The fourth-order valence-corrected chi connectivity index (χ4v) is 3.64. The van der Waals surface area contributed by atoms with Gasteiger partial charge in [0.15, 0.2) is 11.5 Å². The molecule has 126 valence electrons. The molecule has 0 unspecified atom stereocenters. The van der Waals surface area contributed by atoms with Crippen molar-refractivity contribution in [3.8, 4) is 0 Å². The Morgan fingerprint density at radius 1 is 1.12 bits per heavy atom. The van der Waals surface area contributed by atoms with Crippen LogP contribution in [0.3, 0.4) is 0 Å². The Balaban J connectivity index is 1.22. The summed E-state index contributed by atoms with van der Waals surface area (Å²) in [5.74, 6) is 2.46. The molecule has 1 aliphatic carbocycles. The van der Waals surface area contributed by atoms with Gasteiger partial charge in [-0.1, -0.05) is 0 Å². The molecule has 7 heteroatoms. The van der Waals surface area contributed by atoms with Gasteiger partial charge in [0.2, 0.25) is 0 Å². The third-order valence-corrected chi connectivity index (χ3v) is 5.05. The van der Waals surface area contributed by atoms with Gasteiger partial charge < -0.3 is 10.2 Å². The van der Waals surface area contributed by atoms with Crippen molar-refractivity contribution in [2.45, 2.75) is 19.3 Å². The molecular weight excluding hydrogens is 314 g/mol. The average molecular weight is 333 g/mol. The zero-order valence-corrected chi connectivity index (χ0v) is 13.9. The molecule has 4 heterocycles. The number of hydrogen-bond acceptors (Lipinski definition) is 7. The third-order valence-electron chi connectivity index (χ3n) is 5.05. The molecule has 0 aromatic carbocycles. The summed E-state index contributed by atoms with van der Waals surface area (Å²) in [6.45, 7) is 2.89. The van der Waals surface area contributed by atoms with E-state index in [1.165, 1.54) is 17.7 Å². The molecule has 1 saturated heterocycles. The zero-order valence-electron chi connectivity index (χ0n) is 13.9. The lowest BCUT2D eigenvalue weighted by atomic mass is 10.00. The minimum Gasteiger partial charge on any atom is -0.369 e. The fourth-order valence-electron chi connectivity index (χ4n) is 3.64. The summed E-state index contributed by atoms with van der Waals surface area (Å²) in [5, 5.41) is 13.2. The highest BCUT2D eigenvalue weighted by molar-refractivity contribution is 5.85. The van der Waals surface area contributed by atoms with E-state index in [1.54, 1.807) is 12.5 Å². The van der Waals surface area contributed by atoms with E-state index in [0.29, 0.717) is 5.92 Å². The van der Waals surface area contributed by atoms with Gasteiger partial charge >= 0.3 is 0 Å². The van der Waals surface area contributed by atoms with Gasteiger partial charge in [0.05, 0.1) is 11.1 Å². The van der Waals surface area contributed by atoms with E-state index in [9.17, 15) is 0 Å². The van der Waals surface area contributed by atoms with Crippen LogP contribution in [0.2, 0.25) is 0 Å². The number of rotatable bonds is 4. The largest absolute Gasteiger partial charge is 0.369 e. The van der Waals surface area contributed by atoms with Crippen LogP contribution in [0.5, 0.6) is 0 Å². The molecule has 0 amide bonds. The lowest BCUT2D eigenvalue weighted by Crippen LogP contribution is -2.50. The molecule has 3 aromatic heterocycles. The topological polar surface area (TPSA) is 79.7 Å². The summed E-state index contributed by atoms with van der Waals surface area (Å²) in [4.78, 5) is 15.1. The lowest BCUT2D eigenvalue weighted by Gasteiger charge is -2.40. The number of aromatic nitrogens is 5. The standard InChI is InChI=1S/C18H19N7/c1-3-13-7-16(24-23-15(13)5-1)25-9-12(10-25)8-20-18-14-4-2-6-19-17(14)21-11-22-18/h2,4,6-7,11-12H,1,3,5,8-10H2,(H,19,20,21,22). The van der Waals surface area contributed by atoms with Gasteiger partial charge in [0, 0.05) is 31.7 Å². The predicted molar refractivity (Wildman–Crippen MR) is 95.6 cm³/mol. The molecule has 0 atom stereocenters. The van der Waals surface area contributed by atoms with Gasteiger partial charge in [-0.2, -0.15) is 5.10 Å². The number of nitrogens with one attached hydrogen (secondary N) is 1. The molecule has 0 spiro atoms. The SMILES string of the molecule is c1cnc2ncnc(NCC3CN(c4cc5c(nn4)CCC5)C3)c2c1. The first kappa shape index (κ1) is 14.5. The quantitative estimate of drug-likeness (QED) is 0.780. The van der Waals surface area contributed by atoms with Gasteiger partial charge in [0.1, 0.15) is 12.1 Å². The van der Waals surface area contributed by atoms with Crippen LogP contribution >= 0.6 is 0 Å². The molecule has 5 rings (SSSR count). The lowest BCUT2D eigenvalue weighted by molar-refractivity contribution is 0.425. The van der Waals surface area contributed by atoms with E-state index in [1.807, 2.05) is 12.1 Å². The zero-order chi connectivity index (χ0) is 16.6. The second-order valence-electron chi connectivity index (χ2n) is 6.78. The van der Waals surface area contributed by atoms with Crippen LogP contribution in [-0.2, 0) is 12.8 Å². The Kier molecular flexibility index (Phi) is 3.43. The average Bonchev–Trinajstić information content (AvgIpc) is 3.08. The highest BCUT2D eigenvalue weighted by Gasteiger charge is 2.29. The second kappa shape index (κ2) is 5.91. The van der Waals surface area contributed by atoms with Gasteiger partial charge in [-0.05, 0) is 43.0 Å². The Morgan fingerprint density at radius 2 is 2.08 bits per heavy atom. The van der Waals surface area contributed by atoms with E-state index in [0.717, 1.165) is 55.1 Å². The molecule has 3 aromatic rings. The molecule has 1 N–H and O–H groups in total. The van der Waals surface area contributed by atoms with Crippen molar-refractivity contribution in [1.82, 2.24) is 25.1 Å². The van der Waals surface area contributed by atoms with Crippen molar-refractivity contribution in [2.24, 2.45) is 5.92 Å². The molecular formula is C18H19N7. The van der Waals surface area contributed by atoms with Crippen LogP contribution < -0.4 is 10.2 Å². The third kappa shape index (κ3) is 2.65. The number of fused-ring (bicyclic) bond motifs is 2. The Hall–Kier alpha value is -2.83. The van der Waals surface area contributed by atoms with E-state index >= 15 is 0 Å².